The predicted octanol–water partition coefficient (Wildman–Crippen LogP) is 5.21. The summed E-state index contributed by atoms with van der Waals surface area (Å²) in [5, 5.41) is 4.61. The van der Waals surface area contributed by atoms with E-state index in [1.807, 2.05) is 12.1 Å². The molecule has 1 aliphatic carbocycles. The number of hydrogen-bond donors (Lipinski definition) is 1. The molecule has 1 aliphatic rings. The molecule has 0 heterocycles. The molecular formula is C17H26ClN. The second kappa shape index (κ2) is 7.31. The molecule has 0 bridgehead atoms. The molecule has 3 unspecified atom stereocenters. The molecule has 1 aromatic carbocycles. The average molecular weight is 280 g/mol. The van der Waals surface area contributed by atoms with Gasteiger partial charge in [-0.1, -0.05) is 56.8 Å². The molecule has 0 saturated heterocycles. The van der Waals surface area contributed by atoms with Crippen molar-refractivity contribution in [3.05, 3.63) is 34.9 Å². The molecular weight excluding hydrogens is 254 g/mol. The minimum Gasteiger partial charge on any atom is -0.310 e. The summed E-state index contributed by atoms with van der Waals surface area (Å²) in [6.45, 7) is 5.81. The fourth-order valence-corrected chi connectivity index (χ4v) is 3.32. The van der Waals surface area contributed by atoms with Gasteiger partial charge in [0, 0.05) is 11.1 Å². The number of benzene rings is 1. The van der Waals surface area contributed by atoms with Crippen molar-refractivity contribution in [1.29, 1.82) is 0 Å². The zero-order chi connectivity index (χ0) is 13.7. The Bertz CT molecular complexity index is 373. The Hall–Kier alpha value is -0.530. The van der Waals surface area contributed by atoms with Crippen LogP contribution in [0, 0.1) is 11.8 Å². The number of rotatable bonds is 6. The Balaban J connectivity index is 1.93. The largest absolute Gasteiger partial charge is 0.310 e. The van der Waals surface area contributed by atoms with Gasteiger partial charge < -0.3 is 5.32 Å². The van der Waals surface area contributed by atoms with E-state index in [9.17, 15) is 0 Å². The fourth-order valence-electron chi connectivity index (χ4n) is 3.19. The summed E-state index contributed by atoms with van der Waals surface area (Å²) in [4.78, 5) is 0. The van der Waals surface area contributed by atoms with E-state index in [1.54, 1.807) is 0 Å². The number of halogens is 1. The zero-order valence-electron chi connectivity index (χ0n) is 12.2. The molecule has 2 rings (SSSR count). The highest BCUT2D eigenvalue weighted by Crippen LogP contribution is 2.31. The smallest absolute Gasteiger partial charge is 0.0406 e. The molecule has 1 aromatic rings. The van der Waals surface area contributed by atoms with Gasteiger partial charge in [-0.05, 0) is 48.9 Å². The van der Waals surface area contributed by atoms with E-state index in [-0.39, 0.29) is 0 Å². The summed E-state index contributed by atoms with van der Waals surface area (Å²) in [5.41, 5.74) is 1.37. The summed E-state index contributed by atoms with van der Waals surface area (Å²) in [6.07, 6.45) is 6.62. The lowest BCUT2D eigenvalue weighted by Gasteiger charge is -2.23. The lowest BCUT2D eigenvalue weighted by Crippen LogP contribution is -2.28. The van der Waals surface area contributed by atoms with E-state index in [4.69, 9.17) is 11.6 Å². The topological polar surface area (TPSA) is 12.0 Å². The summed E-state index contributed by atoms with van der Waals surface area (Å²) >= 11 is 5.97. The molecule has 0 amide bonds. The van der Waals surface area contributed by atoms with Crippen molar-refractivity contribution >= 4 is 11.6 Å². The molecule has 19 heavy (non-hydrogen) atoms. The predicted molar refractivity (Wildman–Crippen MR) is 83.6 cm³/mol. The first-order valence-electron chi connectivity index (χ1n) is 7.69. The number of hydrogen-bond acceptors (Lipinski definition) is 1. The van der Waals surface area contributed by atoms with E-state index in [2.05, 4.69) is 31.3 Å². The Morgan fingerprint density at radius 2 is 2.00 bits per heavy atom. The lowest BCUT2D eigenvalue weighted by molar-refractivity contribution is 0.360. The lowest BCUT2D eigenvalue weighted by atomic mass is 9.96. The van der Waals surface area contributed by atoms with Crippen molar-refractivity contribution in [2.75, 3.05) is 6.54 Å². The second-order valence-electron chi connectivity index (χ2n) is 5.97. The van der Waals surface area contributed by atoms with Crippen molar-refractivity contribution in [3.63, 3.8) is 0 Å². The van der Waals surface area contributed by atoms with Crippen LogP contribution in [0.15, 0.2) is 24.3 Å². The van der Waals surface area contributed by atoms with Crippen LogP contribution in [-0.2, 0) is 0 Å². The summed E-state index contributed by atoms with van der Waals surface area (Å²) < 4.78 is 0. The quantitative estimate of drug-likeness (QED) is 0.754. The molecule has 0 aliphatic heterocycles. The maximum absolute atomic E-state index is 5.97. The van der Waals surface area contributed by atoms with E-state index in [0.717, 1.165) is 23.4 Å². The van der Waals surface area contributed by atoms with Crippen LogP contribution in [0.25, 0.3) is 0 Å². The Morgan fingerprint density at radius 3 is 2.58 bits per heavy atom. The van der Waals surface area contributed by atoms with Crippen LogP contribution in [-0.4, -0.2) is 6.54 Å². The molecule has 106 valence electrons. The van der Waals surface area contributed by atoms with Gasteiger partial charge in [-0.25, -0.2) is 0 Å². The van der Waals surface area contributed by atoms with Crippen LogP contribution in [0.4, 0.5) is 0 Å². The third-order valence-corrected chi connectivity index (χ3v) is 4.77. The molecule has 2 heteroatoms. The van der Waals surface area contributed by atoms with Crippen LogP contribution in [0.2, 0.25) is 5.02 Å². The first kappa shape index (κ1) is 14.9. The van der Waals surface area contributed by atoms with Crippen LogP contribution >= 0.6 is 11.6 Å². The van der Waals surface area contributed by atoms with Crippen molar-refractivity contribution in [2.24, 2.45) is 11.8 Å². The van der Waals surface area contributed by atoms with Gasteiger partial charge in [0.1, 0.15) is 0 Å². The van der Waals surface area contributed by atoms with Crippen LogP contribution in [0.5, 0.6) is 0 Å². The van der Waals surface area contributed by atoms with Gasteiger partial charge >= 0.3 is 0 Å². The molecule has 3 atom stereocenters. The molecule has 1 saturated carbocycles. The molecule has 1 N–H and O–H groups in total. The van der Waals surface area contributed by atoms with Gasteiger partial charge in [0.05, 0.1) is 0 Å². The maximum Gasteiger partial charge on any atom is 0.0406 e. The first-order chi connectivity index (χ1) is 9.20. The molecule has 0 spiro atoms. The second-order valence-corrected chi connectivity index (χ2v) is 6.41. The molecule has 0 aromatic heterocycles. The standard InChI is InChI=1S/C17H26ClN/c1-3-5-17(14-8-10-16(18)11-9-14)19-12-15-7-4-6-13(15)2/h8-11,13,15,17,19H,3-7,12H2,1-2H3. The van der Waals surface area contributed by atoms with Gasteiger partial charge in [-0.15, -0.1) is 0 Å². The van der Waals surface area contributed by atoms with Crippen LogP contribution in [0.3, 0.4) is 0 Å². The minimum atomic E-state index is 0.482. The van der Waals surface area contributed by atoms with Crippen molar-refractivity contribution in [2.45, 2.75) is 52.0 Å². The zero-order valence-corrected chi connectivity index (χ0v) is 12.9. The van der Waals surface area contributed by atoms with Gasteiger partial charge in [-0.2, -0.15) is 0 Å². The SMILES string of the molecule is CCCC(NCC1CCCC1C)c1ccc(Cl)cc1. The van der Waals surface area contributed by atoms with Crippen LogP contribution < -0.4 is 5.32 Å². The van der Waals surface area contributed by atoms with Gasteiger partial charge in [-0.3, -0.25) is 0 Å². The van der Waals surface area contributed by atoms with E-state index < -0.39 is 0 Å². The highest BCUT2D eigenvalue weighted by Gasteiger charge is 2.23. The fraction of sp³-hybridized carbons (Fsp3) is 0.647. The van der Waals surface area contributed by atoms with E-state index >= 15 is 0 Å². The van der Waals surface area contributed by atoms with Gasteiger partial charge in [0.2, 0.25) is 0 Å². The van der Waals surface area contributed by atoms with Gasteiger partial charge in [0.25, 0.3) is 0 Å². The molecule has 1 nitrogen and oxygen atoms in total. The Kier molecular flexibility index (Phi) is 5.72. The van der Waals surface area contributed by atoms with E-state index in [0.29, 0.717) is 6.04 Å². The van der Waals surface area contributed by atoms with Crippen molar-refractivity contribution in [3.8, 4) is 0 Å². The average Bonchev–Trinajstić information content (AvgIpc) is 2.81. The number of nitrogens with one attached hydrogen (secondary N) is 1. The van der Waals surface area contributed by atoms with Crippen molar-refractivity contribution < 1.29 is 0 Å². The Labute approximate surface area is 122 Å². The summed E-state index contributed by atoms with van der Waals surface area (Å²) in [5.74, 6) is 1.76. The normalized spacial score (nSPS) is 24.6. The molecule has 0 radical (unpaired) electrons. The van der Waals surface area contributed by atoms with Crippen molar-refractivity contribution in [1.82, 2.24) is 5.32 Å². The van der Waals surface area contributed by atoms with Gasteiger partial charge in [0.15, 0.2) is 0 Å². The third kappa shape index (κ3) is 4.22. The third-order valence-electron chi connectivity index (χ3n) is 4.52. The van der Waals surface area contributed by atoms with Crippen LogP contribution in [0.1, 0.15) is 57.6 Å². The molecule has 1 fully saturated rings. The Morgan fingerprint density at radius 1 is 1.26 bits per heavy atom. The summed E-state index contributed by atoms with van der Waals surface area (Å²) in [7, 11) is 0. The summed E-state index contributed by atoms with van der Waals surface area (Å²) in [6, 6.07) is 8.80. The van der Waals surface area contributed by atoms with E-state index in [1.165, 1.54) is 37.7 Å². The first-order valence-corrected chi connectivity index (χ1v) is 8.07. The maximum atomic E-state index is 5.97. The highest BCUT2D eigenvalue weighted by molar-refractivity contribution is 6.30. The monoisotopic (exact) mass is 279 g/mol. The minimum absolute atomic E-state index is 0.482. The highest BCUT2D eigenvalue weighted by atomic mass is 35.5.